The van der Waals surface area contributed by atoms with E-state index in [1.54, 1.807) is 11.1 Å². The first-order valence-corrected chi connectivity index (χ1v) is 11.3. The van der Waals surface area contributed by atoms with Crippen LogP contribution in [0.15, 0.2) is 54.7 Å². The van der Waals surface area contributed by atoms with Crippen molar-refractivity contribution >= 4 is 21.7 Å². The maximum absolute atomic E-state index is 5.14. The van der Waals surface area contributed by atoms with Crippen molar-refractivity contribution in [2.75, 3.05) is 0 Å². The average molecular weight is 373 g/mol. The molecule has 0 saturated heterocycles. The third-order valence-corrected chi connectivity index (χ3v) is 8.56. The van der Waals surface area contributed by atoms with Gasteiger partial charge in [-0.2, -0.15) is 0 Å². The van der Waals surface area contributed by atoms with E-state index in [-0.39, 0.29) is 0 Å². The highest BCUT2D eigenvalue weighted by Crippen LogP contribution is 2.58. The van der Waals surface area contributed by atoms with Crippen LogP contribution < -0.4 is 0 Å². The predicted molar refractivity (Wildman–Crippen MR) is 119 cm³/mol. The molecule has 0 aliphatic heterocycles. The molecule has 2 fully saturated rings. The maximum Gasteiger partial charge on any atom is 0.0784 e. The Labute approximate surface area is 170 Å². The Morgan fingerprint density at radius 2 is 1.38 bits per heavy atom. The van der Waals surface area contributed by atoms with Crippen LogP contribution in [0.2, 0.25) is 0 Å². The molecule has 5 aliphatic carbocycles. The van der Waals surface area contributed by atoms with E-state index in [2.05, 4.69) is 54.7 Å². The van der Waals surface area contributed by atoms with Gasteiger partial charge in [0.05, 0.1) is 5.52 Å². The molecule has 2 saturated carbocycles. The molecule has 0 spiro atoms. The van der Waals surface area contributed by atoms with Gasteiger partial charge in [-0.25, -0.2) is 0 Å². The minimum atomic E-state index is 0.747. The lowest BCUT2D eigenvalue weighted by Gasteiger charge is -2.38. The van der Waals surface area contributed by atoms with Gasteiger partial charge in [0.25, 0.3) is 0 Å². The molecule has 9 rings (SSSR count). The van der Waals surface area contributed by atoms with E-state index < -0.39 is 0 Å². The van der Waals surface area contributed by atoms with Crippen molar-refractivity contribution in [2.45, 2.75) is 43.9 Å². The largest absolute Gasteiger partial charge is 0.255 e. The number of fused-ring (bicyclic) bond motifs is 5. The number of rotatable bonds is 0. The predicted octanol–water partition coefficient (Wildman–Crippen LogP) is 7.43. The van der Waals surface area contributed by atoms with Crippen LogP contribution in [-0.2, 0) is 0 Å². The molecule has 4 aromatic rings. The van der Waals surface area contributed by atoms with Gasteiger partial charge in [-0.15, -0.1) is 0 Å². The van der Waals surface area contributed by atoms with E-state index in [0.717, 1.165) is 23.7 Å². The van der Waals surface area contributed by atoms with Crippen molar-refractivity contribution < 1.29 is 0 Å². The van der Waals surface area contributed by atoms with E-state index >= 15 is 0 Å². The van der Waals surface area contributed by atoms with Crippen molar-refractivity contribution in [3.8, 4) is 22.3 Å². The highest BCUT2D eigenvalue weighted by atomic mass is 14.7. The molecule has 1 heteroatoms. The van der Waals surface area contributed by atoms with Crippen LogP contribution in [-0.4, -0.2) is 4.98 Å². The van der Waals surface area contributed by atoms with E-state index in [4.69, 9.17) is 4.98 Å². The molecule has 1 nitrogen and oxygen atoms in total. The van der Waals surface area contributed by atoms with Gasteiger partial charge in [-0.05, 0) is 101 Å². The summed E-state index contributed by atoms with van der Waals surface area (Å²) < 4.78 is 0. The number of benzene rings is 3. The van der Waals surface area contributed by atoms with E-state index in [0.29, 0.717) is 0 Å². The SMILES string of the molecule is c1ccc2c(c1)-c1cccc3c1c-2cc1c2c(cnc13)C1CC3CC(C1)CC2C3. The Kier molecular flexibility index (Phi) is 2.66. The highest BCUT2D eigenvalue weighted by molar-refractivity contribution is 6.23. The molecule has 0 radical (unpaired) electrons. The molecule has 2 unspecified atom stereocenters. The van der Waals surface area contributed by atoms with Gasteiger partial charge < -0.3 is 0 Å². The van der Waals surface area contributed by atoms with Gasteiger partial charge in [0.15, 0.2) is 0 Å². The van der Waals surface area contributed by atoms with Crippen LogP contribution in [0.3, 0.4) is 0 Å². The summed E-state index contributed by atoms with van der Waals surface area (Å²) in [5.41, 5.74) is 10.1. The second-order valence-corrected chi connectivity index (χ2v) is 10.0. The van der Waals surface area contributed by atoms with Crippen molar-refractivity contribution in [1.29, 1.82) is 0 Å². The van der Waals surface area contributed by atoms with E-state index in [9.17, 15) is 0 Å². The Morgan fingerprint density at radius 3 is 2.21 bits per heavy atom. The zero-order valence-electron chi connectivity index (χ0n) is 16.5. The molecule has 140 valence electrons. The van der Waals surface area contributed by atoms with Crippen LogP contribution >= 0.6 is 0 Å². The average Bonchev–Trinajstić information content (AvgIpc) is 2.96. The summed E-state index contributed by atoms with van der Waals surface area (Å²) in [5, 5.41) is 4.21. The zero-order chi connectivity index (χ0) is 18.7. The van der Waals surface area contributed by atoms with Gasteiger partial charge >= 0.3 is 0 Å². The van der Waals surface area contributed by atoms with Crippen LogP contribution in [0.25, 0.3) is 43.9 Å². The normalized spacial score (nSPS) is 28.0. The fourth-order valence-corrected chi connectivity index (χ4v) is 7.68. The lowest BCUT2D eigenvalue weighted by atomic mass is 9.67. The molecule has 3 aromatic carbocycles. The number of nitrogens with zero attached hydrogens (tertiary/aromatic N) is 1. The number of aromatic nitrogens is 1. The maximum atomic E-state index is 5.14. The van der Waals surface area contributed by atoms with Crippen LogP contribution in [0.4, 0.5) is 0 Å². The monoisotopic (exact) mass is 373 g/mol. The lowest BCUT2D eigenvalue weighted by Crippen LogP contribution is -2.25. The van der Waals surface area contributed by atoms with Crippen LogP contribution in [0, 0.1) is 11.8 Å². The second kappa shape index (κ2) is 5.08. The summed E-state index contributed by atoms with van der Waals surface area (Å²) in [6, 6.07) is 18.3. The summed E-state index contributed by atoms with van der Waals surface area (Å²) in [5.74, 6) is 3.39. The van der Waals surface area contributed by atoms with Crippen molar-refractivity contribution in [1.82, 2.24) is 4.98 Å². The molecule has 5 aliphatic rings. The summed E-state index contributed by atoms with van der Waals surface area (Å²) in [7, 11) is 0. The molecule has 0 amide bonds. The van der Waals surface area contributed by atoms with Crippen molar-refractivity contribution in [3.05, 3.63) is 65.9 Å². The number of hydrogen-bond donors (Lipinski definition) is 0. The molecular weight excluding hydrogens is 350 g/mol. The summed E-state index contributed by atoms with van der Waals surface area (Å²) in [4.78, 5) is 5.14. The molecule has 1 heterocycles. The summed E-state index contributed by atoms with van der Waals surface area (Å²) in [6.07, 6.45) is 9.38. The van der Waals surface area contributed by atoms with Gasteiger partial charge in [0.2, 0.25) is 0 Å². The van der Waals surface area contributed by atoms with E-state index in [1.165, 1.54) is 76.0 Å². The van der Waals surface area contributed by atoms with Crippen LogP contribution in [0.1, 0.15) is 55.1 Å². The molecule has 2 atom stereocenters. The first-order valence-electron chi connectivity index (χ1n) is 11.3. The third-order valence-electron chi connectivity index (χ3n) is 8.56. The minimum Gasteiger partial charge on any atom is -0.255 e. The molecule has 29 heavy (non-hydrogen) atoms. The lowest BCUT2D eigenvalue weighted by molar-refractivity contribution is 0.166. The molecular formula is C28H23N. The number of hydrogen-bond acceptors (Lipinski definition) is 1. The van der Waals surface area contributed by atoms with Gasteiger partial charge in [-0.3, -0.25) is 4.98 Å². The highest BCUT2D eigenvalue weighted by Gasteiger charge is 2.43. The first kappa shape index (κ1) is 15.2. The Bertz CT molecular complexity index is 1350. The standard InChI is InChI=1S/C28H23N/c1-2-5-20-19(4-1)21-6-3-7-22-27(21)23(20)13-24-26-18-11-15-8-16(12-18)10-17(9-15)25(26)14-29-28(22)24/h1-7,13-18H,8-12H2. The fourth-order valence-electron chi connectivity index (χ4n) is 7.68. The Morgan fingerprint density at radius 1 is 0.655 bits per heavy atom. The summed E-state index contributed by atoms with van der Waals surface area (Å²) >= 11 is 0. The fraction of sp³-hybridized carbons (Fsp3) is 0.321. The Balaban J connectivity index is 1.53. The zero-order valence-corrected chi connectivity index (χ0v) is 16.5. The molecule has 1 aromatic heterocycles. The second-order valence-electron chi connectivity index (χ2n) is 10.0. The van der Waals surface area contributed by atoms with E-state index in [1.807, 2.05) is 0 Å². The van der Waals surface area contributed by atoms with Gasteiger partial charge in [0, 0.05) is 17.0 Å². The van der Waals surface area contributed by atoms with Crippen molar-refractivity contribution in [3.63, 3.8) is 0 Å². The molecule has 4 bridgehead atoms. The van der Waals surface area contributed by atoms with Gasteiger partial charge in [0.1, 0.15) is 0 Å². The smallest absolute Gasteiger partial charge is 0.0784 e. The number of pyridine rings is 1. The van der Waals surface area contributed by atoms with Crippen molar-refractivity contribution in [2.24, 2.45) is 11.8 Å². The quantitative estimate of drug-likeness (QED) is 0.257. The van der Waals surface area contributed by atoms with Gasteiger partial charge in [-0.1, -0.05) is 42.5 Å². The third kappa shape index (κ3) is 1.81. The Hall–Kier alpha value is -2.67. The van der Waals surface area contributed by atoms with Crippen LogP contribution in [0.5, 0.6) is 0 Å². The minimum absolute atomic E-state index is 0.747. The summed E-state index contributed by atoms with van der Waals surface area (Å²) in [6.45, 7) is 0. The molecule has 0 N–H and O–H groups in total. The topological polar surface area (TPSA) is 12.9 Å². The first-order chi connectivity index (χ1) is 14.3.